The molecule has 1 aromatic carbocycles. The number of rotatable bonds is 6. The van der Waals surface area contributed by atoms with E-state index in [2.05, 4.69) is 34.4 Å². The highest BCUT2D eigenvalue weighted by Crippen LogP contribution is 2.35. The van der Waals surface area contributed by atoms with Crippen LogP contribution in [0.4, 0.5) is 5.69 Å². The summed E-state index contributed by atoms with van der Waals surface area (Å²) in [7, 11) is 3.53. The lowest BCUT2D eigenvalue weighted by Gasteiger charge is -2.37. The number of anilines is 1. The molecular formula is C30H35N7O2. The molecule has 0 spiro atoms. The third-order valence-corrected chi connectivity index (χ3v) is 7.33. The van der Waals surface area contributed by atoms with Gasteiger partial charge in [-0.2, -0.15) is 10.5 Å². The van der Waals surface area contributed by atoms with Gasteiger partial charge >= 0.3 is 0 Å². The van der Waals surface area contributed by atoms with Gasteiger partial charge in [0.25, 0.3) is 5.56 Å². The van der Waals surface area contributed by atoms with E-state index in [-0.39, 0.29) is 28.8 Å². The van der Waals surface area contributed by atoms with Gasteiger partial charge in [0.05, 0.1) is 16.9 Å². The quantitative estimate of drug-likeness (QED) is 0.373. The van der Waals surface area contributed by atoms with Gasteiger partial charge in [-0.15, -0.1) is 0 Å². The molecule has 2 aromatic heterocycles. The highest BCUT2D eigenvalue weighted by atomic mass is 16.6. The van der Waals surface area contributed by atoms with Gasteiger partial charge in [0.2, 0.25) is 0 Å². The third-order valence-electron chi connectivity index (χ3n) is 7.33. The maximum atomic E-state index is 13.1. The number of hydrogen-bond donors (Lipinski definition) is 1. The Morgan fingerprint density at radius 1 is 1.13 bits per heavy atom. The average Bonchev–Trinajstić information content (AvgIpc) is 2.94. The summed E-state index contributed by atoms with van der Waals surface area (Å²) in [5.41, 5.74) is 9.84. The Morgan fingerprint density at radius 3 is 2.36 bits per heavy atom. The van der Waals surface area contributed by atoms with Crippen molar-refractivity contribution in [1.82, 2.24) is 9.55 Å². The normalized spacial score (nSPS) is 17.9. The van der Waals surface area contributed by atoms with Crippen molar-refractivity contribution < 1.29 is 4.84 Å². The van der Waals surface area contributed by atoms with Crippen LogP contribution in [-0.2, 0) is 18.4 Å². The SMILES string of the molecule is Cn1c(=O)c(C#N)c(N(C)[C@H]2CC[C@@H](/C(=N\OC(C)(C)C)c3ccc(CN)cc3)CC2)c2nc(C#N)ccc21. The molecule has 0 atom stereocenters. The van der Waals surface area contributed by atoms with Crippen molar-refractivity contribution in [3.8, 4) is 12.1 Å². The summed E-state index contributed by atoms with van der Waals surface area (Å²) >= 11 is 0. The first-order valence-corrected chi connectivity index (χ1v) is 13.2. The van der Waals surface area contributed by atoms with E-state index < -0.39 is 5.60 Å². The molecule has 1 saturated carbocycles. The van der Waals surface area contributed by atoms with Crippen molar-refractivity contribution >= 4 is 22.4 Å². The Morgan fingerprint density at radius 2 is 1.79 bits per heavy atom. The van der Waals surface area contributed by atoms with E-state index in [9.17, 15) is 15.3 Å². The van der Waals surface area contributed by atoms with Crippen LogP contribution in [-0.4, -0.2) is 34.0 Å². The number of aryl methyl sites for hydroxylation is 1. The largest absolute Gasteiger partial charge is 0.390 e. The van der Waals surface area contributed by atoms with Crippen LogP contribution in [0.15, 0.2) is 46.3 Å². The number of nitrogens with two attached hydrogens (primary N) is 1. The van der Waals surface area contributed by atoms with E-state index in [1.807, 2.05) is 44.9 Å². The van der Waals surface area contributed by atoms with Crippen LogP contribution in [0, 0.1) is 28.6 Å². The Balaban J connectivity index is 1.65. The van der Waals surface area contributed by atoms with Gasteiger partial charge in [-0.1, -0.05) is 29.4 Å². The maximum absolute atomic E-state index is 13.1. The van der Waals surface area contributed by atoms with Crippen molar-refractivity contribution in [1.29, 1.82) is 10.5 Å². The standard InChI is InChI=1S/C30H35N7O2/c1-30(2,3)39-35-26(20-8-6-19(16-31)7-9-20)21-10-13-23(14-11-21)36(4)28-24(18-33)29(38)37(5)25-15-12-22(17-32)34-27(25)28/h6-9,12,15,21,23H,10-11,13-14,16,31H2,1-5H3/b35-26-/t21-,23+. The lowest BCUT2D eigenvalue weighted by atomic mass is 9.80. The topological polar surface area (TPSA) is 133 Å². The predicted octanol–water partition coefficient (Wildman–Crippen LogP) is 4.35. The number of pyridine rings is 2. The first-order valence-electron chi connectivity index (χ1n) is 13.2. The molecule has 0 radical (unpaired) electrons. The van der Waals surface area contributed by atoms with Crippen molar-refractivity contribution in [2.75, 3.05) is 11.9 Å². The fourth-order valence-electron chi connectivity index (χ4n) is 5.18. The second-order valence-electron chi connectivity index (χ2n) is 11.1. The monoisotopic (exact) mass is 525 g/mol. The molecular weight excluding hydrogens is 490 g/mol. The van der Waals surface area contributed by atoms with E-state index in [1.165, 1.54) is 4.57 Å². The zero-order valence-electron chi connectivity index (χ0n) is 23.2. The van der Waals surface area contributed by atoms with Gasteiger partial charge in [-0.05, 0) is 69.7 Å². The molecule has 1 aliphatic carbocycles. The smallest absolute Gasteiger partial charge is 0.270 e. The molecule has 0 saturated heterocycles. The van der Waals surface area contributed by atoms with Crippen LogP contribution in [0.25, 0.3) is 11.0 Å². The van der Waals surface area contributed by atoms with Gasteiger partial charge in [0.1, 0.15) is 34.5 Å². The van der Waals surface area contributed by atoms with E-state index in [4.69, 9.17) is 10.6 Å². The summed E-state index contributed by atoms with van der Waals surface area (Å²) in [4.78, 5) is 25.4. The van der Waals surface area contributed by atoms with E-state index >= 15 is 0 Å². The highest BCUT2D eigenvalue weighted by Gasteiger charge is 2.31. The van der Waals surface area contributed by atoms with E-state index in [0.717, 1.165) is 42.5 Å². The Kier molecular flexibility index (Phi) is 8.03. The Hall–Kier alpha value is -4.21. The minimum atomic E-state index is -0.413. The molecule has 0 amide bonds. The van der Waals surface area contributed by atoms with Crippen LogP contribution in [0.5, 0.6) is 0 Å². The third kappa shape index (κ3) is 5.79. The number of fused-ring (bicyclic) bond motifs is 1. The molecule has 2 heterocycles. The van der Waals surface area contributed by atoms with Crippen molar-refractivity contribution in [3.05, 3.63) is 69.1 Å². The molecule has 0 aliphatic heterocycles. The van der Waals surface area contributed by atoms with Crippen molar-refractivity contribution in [2.45, 2.75) is 64.6 Å². The first kappa shape index (κ1) is 27.8. The van der Waals surface area contributed by atoms with Gasteiger partial charge in [0, 0.05) is 32.6 Å². The lowest BCUT2D eigenvalue weighted by molar-refractivity contribution is -0.0000292. The summed E-state index contributed by atoms with van der Waals surface area (Å²) in [5.74, 6) is 0.194. The highest BCUT2D eigenvalue weighted by molar-refractivity contribution is 6.02. The molecule has 1 aliphatic rings. The molecule has 39 heavy (non-hydrogen) atoms. The fraction of sp³-hybridized carbons (Fsp3) is 0.433. The summed E-state index contributed by atoms with van der Waals surface area (Å²) in [5, 5.41) is 24.0. The second-order valence-corrected chi connectivity index (χ2v) is 11.1. The molecule has 202 valence electrons. The minimum absolute atomic E-state index is 0.0398. The zero-order chi connectivity index (χ0) is 28.3. The maximum Gasteiger partial charge on any atom is 0.270 e. The summed E-state index contributed by atoms with van der Waals surface area (Å²) in [6.45, 7) is 6.41. The summed E-state index contributed by atoms with van der Waals surface area (Å²) in [6.07, 6.45) is 3.38. The fourth-order valence-corrected chi connectivity index (χ4v) is 5.18. The van der Waals surface area contributed by atoms with Crippen molar-refractivity contribution in [2.24, 2.45) is 23.9 Å². The zero-order valence-corrected chi connectivity index (χ0v) is 23.2. The Labute approximate surface area is 229 Å². The molecule has 9 nitrogen and oxygen atoms in total. The van der Waals surface area contributed by atoms with E-state index in [1.54, 1.807) is 19.2 Å². The lowest BCUT2D eigenvalue weighted by Crippen LogP contribution is -2.39. The van der Waals surface area contributed by atoms with Crippen LogP contribution in [0.1, 0.15) is 68.8 Å². The van der Waals surface area contributed by atoms with Gasteiger partial charge in [0.15, 0.2) is 0 Å². The second kappa shape index (κ2) is 11.3. The average molecular weight is 526 g/mol. The molecule has 1 fully saturated rings. The number of nitrogens with zero attached hydrogens (tertiary/aromatic N) is 6. The molecule has 2 N–H and O–H groups in total. The number of aromatic nitrogens is 2. The van der Waals surface area contributed by atoms with Gasteiger partial charge in [-0.25, -0.2) is 4.98 Å². The minimum Gasteiger partial charge on any atom is -0.390 e. The number of hydrogen-bond acceptors (Lipinski definition) is 8. The van der Waals surface area contributed by atoms with Crippen LogP contribution in [0.2, 0.25) is 0 Å². The van der Waals surface area contributed by atoms with E-state index in [0.29, 0.717) is 23.3 Å². The van der Waals surface area contributed by atoms with Crippen LogP contribution >= 0.6 is 0 Å². The number of oxime groups is 1. The van der Waals surface area contributed by atoms with Gasteiger partial charge in [-0.3, -0.25) is 4.79 Å². The molecule has 4 rings (SSSR count). The number of benzene rings is 1. The molecule has 9 heteroatoms. The summed E-state index contributed by atoms with van der Waals surface area (Å²) < 4.78 is 1.42. The molecule has 0 bridgehead atoms. The molecule has 0 unspecified atom stereocenters. The predicted molar refractivity (Wildman–Crippen MR) is 152 cm³/mol. The first-order chi connectivity index (χ1) is 18.6. The van der Waals surface area contributed by atoms with Crippen LogP contribution in [0.3, 0.4) is 0 Å². The number of nitriles is 2. The summed E-state index contributed by atoms with van der Waals surface area (Å²) in [6, 6.07) is 15.7. The van der Waals surface area contributed by atoms with Crippen LogP contribution < -0.4 is 16.2 Å². The van der Waals surface area contributed by atoms with Crippen molar-refractivity contribution in [3.63, 3.8) is 0 Å². The molecule has 3 aromatic rings. The van der Waals surface area contributed by atoms with Gasteiger partial charge < -0.3 is 20.0 Å². The Bertz CT molecular complexity index is 1530.